The maximum atomic E-state index is 13.4. The Balaban J connectivity index is 1.45. The van der Waals surface area contributed by atoms with E-state index in [1.807, 2.05) is 52.0 Å². The molecule has 3 atom stereocenters. The van der Waals surface area contributed by atoms with Crippen molar-refractivity contribution in [3.8, 4) is 11.1 Å². The number of nitrogens with zero attached hydrogens (tertiary/aromatic N) is 1. The number of nitrogens with one attached hydrogen (secondary N) is 1. The van der Waals surface area contributed by atoms with Crippen LogP contribution in [0, 0.1) is 17.3 Å². The number of hydrogen-bond donors (Lipinski definition) is 2. The van der Waals surface area contributed by atoms with Crippen LogP contribution in [0.3, 0.4) is 0 Å². The number of rotatable bonds is 7. The van der Waals surface area contributed by atoms with Gasteiger partial charge in [0.1, 0.15) is 12.6 Å². The van der Waals surface area contributed by atoms with Gasteiger partial charge >= 0.3 is 12.1 Å². The lowest BCUT2D eigenvalue weighted by Crippen LogP contribution is -2.51. The van der Waals surface area contributed by atoms with E-state index in [0.29, 0.717) is 13.0 Å². The van der Waals surface area contributed by atoms with E-state index in [-0.39, 0.29) is 30.9 Å². The number of amides is 2. The van der Waals surface area contributed by atoms with E-state index in [9.17, 15) is 19.5 Å². The molecule has 2 N–H and O–H groups in total. The van der Waals surface area contributed by atoms with Gasteiger partial charge < -0.3 is 20.1 Å². The maximum absolute atomic E-state index is 13.4. The molecule has 1 fully saturated rings. The number of fused-ring (bicyclic) bond motifs is 3. The number of benzene rings is 2. The van der Waals surface area contributed by atoms with Gasteiger partial charge in [-0.25, -0.2) is 4.79 Å². The summed E-state index contributed by atoms with van der Waals surface area (Å²) in [5.41, 5.74) is 4.00. The molecule has 4 rings (SSSR count). The van der Waals surface area contributed by atoms with Gasteiger partial charge in [-0.1, -0.05) is 82.6 Å². The van der Waals surface area contributed by atoms with Crippen LogP contribution in [-0.4, -0.2) is 53.7 Å². The summed E-state index contributed by atoms with van der Waals surface area (Å²) in [6, 6.07) is 15.5. The zero-order chi connectivity index (χ0) is 25.3. The third kappa shape index (κ3) is 4.77. The largest absolute Gasteiger partial charge is 0.481 e. The van der Waals surface area contributed by atoms with Crippen LogP contribution in [0.25, 0.3) is 11.1 Å². The highest BCUT2D eigenvalue weighted by atomic mass is 16.5. The summed E-state index contributed by atoms with van der Waals surface area (Å²) in [6.45, 7) is 8.22. The van der Waals surface area contributed by atoms with Gasteiger partial charge in [0, 0.05) is 19.0 Å². The zero-order valence-corrected chi connectivity index (χ0v) is 20.8. The number of hydrogen-bond acceptors (Lipinski definition) is 4. The SMILES string of the molecule is CC[C@H](C)[C@H](NC(=O)OCC1c2ccccc2-c2ccccc21)C(=O)N1CC(C(=O)O)C(C)(C)C1. The third-order valence-corrected chi connectivity index (χ3v) is 7.65. The van der Waals surface area contributed by atoms with Gasteiger partial charge in [-0.3, -0.25) is 9.59 Å². The number of carboxylic acids is 1. The number of carboxylic acid groups (broad SMARTS) is 1. The molecule has 0 aromatic heterocycles. The first-order chi connectivity index (χ1) is 16.6. The summed E-state index contributed by atoms with van der Waals surface area (Å²) in [7, 11) is 0. The fourth-order valence-electron chi connectivity index (χ4n) is 5.36. The van der Waals surface area contributed by atoms with Crippen molar-refractivity contribution >= 4 is 18.0 Å². The molecule has 186 valence electrons. The Morgan fingerprint density at radius 1 is 1.09 bits per heavy atom. The lowest BCUT2D eigenvalue weighted by atomic mass is 9.82. The molecule has 2 aromatic carbocycles. The summed E-state index contributed by atoms with van der Waals surface area (Å²) >= 11 is 0. The highest BCUT2D eigenvalue weighted by Gasteiger charge is 2.47. The highest BCUT2D eigenvalue weighted by Crippen LogP contribution is 2.44. The first-order valence-corrected chi connectivity index (χ1v) is 12.3. The summed E-state index contributed by atoms with van der Waals surface area (Å²) in [4.78, 5) is 39.5. The van der Waals surface area contributed by atoms with Crippen molar-refractivity contribution in [1.82, 2.24) is 10.2 Å². The molecule has 1 saturated heterocycles. The molecule has 1 aliphatic heterocycles. The Morgan fingerprint density at radius 3 is 2.17 bits per heavy atom. The molecule has 0 bridgehead atoms. The number of carbonyl (C=O) groups excluding carboxylic acids is 2. The Morgan fingerprint density at radius 2 is 1.66 bits per heavy atom. The van der Waals surface area contributed by atoms with E-state index in [2.05, 4.69) is 29.6 Å². The number of likely N-dealkylation sites (tertiary alicyclic amines) is 1. The second kappa shape index (κ2) is 9.72. The molecule has 0 radical (unpaired) electrons. The fourth-order valence-corrected chi connectivity index (χ4v) is 5.36. The zero-order valence-electron chi connectivity index (χ0n) is 20.8. The van der Waals surface area contributed by atoms with Gasteiger partial charge in [-0.05, 0) is 33.6 Å². The van der Waals surface area contributed by atoms with Gasteiger partial charge in [0.05, 0.1) is 5.92 Å². The number of carbonyl (C=O) groups is 3. The van der Waals surface area contributed by atoms with Gasteiger partial charge in [-0.2, -0.15) is 0 Å². The summed E-state index contributed by atoms with van der Waals surface area (Å²) < 4.78 is 5.66. The molecule has 1 heterocycles. The number of aliphatic carboxylic acids is 1. The van der Waals surface area contributed by atoms with E-state index in [4.69, 9.17) is 4.74 Å². The molecular weight excluding hydrogens is 444 g/mol. The minimum atomic E-state index is -0.908. The van der Waals surface area contributed by atoms with Crippen molar-refractivity contribution in [2.75, 3.05) is 19.7 Å². The van der Waals surface area contributed by atoms with E-state index in [1.54, 1.807) is 4.90 Å². The minimum Gasteiger partial charge on any atom is -0.481 e. The first-order valence-electron chi connectivity index (χ1n) is 12.3. The molecule has 2 aliphatic rings. The van der Waals surface area contributed by atoms with Crippen molar-refractivity contribution in [2.45, 2.75) is 46.1 Å². The second-order valence-electron chi connectivity index (χ2n) is 10.4. The second-order valence-corrected chi connectivity index (χ2v) is 10.4. The van der Waals surface area contributed by atoms with Gasteiger partial charge in [0.25, 0.3) is 0 Å². The summed E-state index contributed by atoms with van der Waals surface area (Å²) in [5.74, 6) is -2.00. The van der Waals surface area contributed by atoms with Crippen molar-refractivity contribution in [1.29, 1.82) is 0 Å². The Kier molecular flexibility index (Phi) is 6.88. The average molecular weight is 479 g/mol. The quantitative estimate of drug-likeness (QED) is 0.611. The van der Waals surface area contributed by atoms with E-state index < -0.39 is 29.4 Å². The molecule has 0 saturated carbocycles. The Bertz CT molecular complexity index is 1080. The molecular formula is C28H34N2O5. The molecule has 1 aliphatic carbocycles. The van der Waals surface area contributed by atoms with Crippen LogP contribution in [0.1, 0.15) is 51.2 Å². The molecule has 7 nitrogen and oxygen atoms in total. The smallest absolute Gasteiger partial charge is 0.407 e. The molecule has 35 heavy (non-hydrogen) atoms. The predicted molar refractivity (Wildman–Crippen MR) is 133 cm³/mol. The van der Waals surface area contributed by atoms with Crippen molar-refractivity contribution in [3.05, 3.63) is 59.7 Å². The van der Waals surface area contributed by atoms with Crippen LogP contribution in [0.15, 0.2) is 48.5 Å². The predicted octanol–water partition coefficient (Wildman–Crippen LogP) is 4.51. The average Bonchev–Trinajstić information content (AvgIpc) is 3.34. The van der Waals surface area contributed by atoms with E-state index in [0.717, 1.165) is 22.3 Å². The van der Waals surface area contributed by atoms with Crippen LogP contribution in [0.4, 0.5) is 4.79 Å². The molecule has 7 heteroatoms. The molecule has 1 unspecified atom stereocenters. The van der Waals surface area contributed by atoms with Crippen LogP contribution in [-0.2, 0) is 14.3 Å². The standard InChI is InChI=1S/C28H34N2O5/c1-5-17(2)24(25(31)30-14-23(26(32)33)28(3,4)16-30)29-27(34)35-15-22-20-12-8-6-10-18(20)19-11-7-9-13-21(19)22/h6-13,17,22-24H,5,14-16H2,1-4H3,(H,29,34)(H,32,33)/t17-,23?,24-/m0/s1. The van der Waals surface area contributed by atoms with Gasteiger partial charge in [0.15, 0.2) is 0 Å². The van der Waals surface area contributed by atoms with Crippen molar-refractivity contribution in [3.63, 3.8) is 0 Å². The van der Waals surface area contributed by atoms with Crippen LogP contribution in [0.5, 0.6) is 0 Å². The highest BCUT2D eigenvalue weighted by molar-refractivity contribution is 5.87. The Labute approximate surface area is 206 Å². The topological polar surface area (TPSA) is 95.9 Å². The maximum Gasteiger partial charge on any atom is 0.407 e. The van der Waals surface area contributed by atoms with Crippen LogP contribution >= 0.6 is 0 Å². The molecule has 2 amide bonds. The summed E-state index contributed by atoms with van der Waals surface area (Å²) in [5, 5.41) is 12.4. The third-order valence-electron chi connectivity index (χ3n) is 7.65. The lowest BCUT2D eigenvalue weighted by Gasteiger charge is -2.28. The van der Waals surface area contributed by atoms with Gasteiger partial charge in [-0.15, -0.1) is 0 Å². The monoisotopic (exact) mass is 478 g/mol. The van der Waals surface area contributed by atoms with E-state index in [1.165, 1.54) is 0 Å². The normalized spacial score (nSPS) is 20.0. The molecule has 2 aromatic rings. The minimum absolute atomic E-state index is 0.0680. The Hall–Kier alpha value is -3.35. The fraction of sp³-hybridized carbons (Fsp3) is 0.464. The van der Waals surface area contributed by atoms with Crippen molar-refractivity contribution < 1.29 is 24.2 Å². The lowest BCUT2D eigenvalue weighted by molar-refractivity contribution is -0.144. The molecule has 0 spiro atoms. The van der Waals surface area contributed by atoms with Crippen molar-refractivity contribution in [2.24, 2.45) is 17.3 Å². The van der Waals surface area contributed by atoms with Gasteiger partial charge in [0.2, 0.25) is 5.91 Å². The van der Waals surface area contributed by atoms with E-state index >= 15 is 0 Å². The van der Waals surface area contributed by atoms with Crippen LogP contribution in [0.2, 0.25) is 0 Å². The summed E-state index contributed by atoms with van der Waals surface area (Å²) in [6.07, 6.45) is 0.0402. The van der Waals surface area contributed by atoms with Crippen LogP contribution < -0.4 is 5.32 Å². The number of alkyl carbamates (subject to hydrolysis) is 1. The first kappa shape index (κ1) is 24.8. The number of ether oxygens (including phenoxy) is 1.